The molecule has 0 fully saturated rings. The van der Waals surface area contributed by atoms with E-state index in [4.69, 9.17) is 15.8 Å². The molecule has 0 amide bonds. The van der Waals surface area contributed by atoms with Gasteiger partial charge >= 0.3 is 0 Å². The second kappa shape index (κ2) is 10.6. The minimum absolute atomic E-state index is 0.422. The SMILES string of the molecule is CCCCCCCCCCO[P@@](=O)(Cl)CC. The zero-order valence-electron chi connectivity index (χ0n) is 10.7. The lowest BCUT2D eigenvalue weighted by Gasteiger charge is -2.08. The van der Waals surface area contributed by atoms with Crippen molar-refractivity contribution in [3.63, 3.8) is 0 Å². The Balaban J connectivity index is 3.13. The molecule has 0 radical (unpaired) electrons. The molecule has 0 saturated carbocycles. The molecule has 0 N–H and O–H groups in total. The molecular formula is C12H26ClO2P. The van der Waals surface area contributed by atoms with Crippen LogP contribution in [0.2, 0.25) is 0 Å². The molecule has 98 valence electrons. The Morgan fingerprint density at radius 3 is 1.94 bits per heavy atom. The van der Waals surface area contributed by atoms with Gasteiger partial charge in [-0.25, -0.2) is 0 Å². The van der Waals surface area contributed by atoms with Crippen molar-refractivity contribution in [2.45, 2.75) is 65.2 Å². The predicted octanol–water partition coefficient (Wildman–Crippen LogP) is 5.60. The molecule has 2 nitrogen and oxygen atoms in total. The first-order valence-corrected chi connectivity index (χ1v) is 9.27. The molecule has 0 bridgehead atoms. The van der Waals surface area contributed by atoms with E-state index in [9.17, 15) is 4.57 Å². The summed E-state index contributed by atoms with van der Waals surface area (Å²) in [5.74, 6) is 0. The first-order chi connectivity index (χ1) is 7.62. The number of hydrogen-bond acceptors (Lipinski definition) is 2. The van der Waals surface area contributed by atoms with Gasteiger partial charge in [0.1, 0.15) is 0 Å². The van der Waals surface area contributed by atoms with Gasteiger partial charge in [-0.05, 0) is 17.7 Å². The van der Waals surface area contributed by atoms with E-state index in [0.717, 1.165) is 12.8 Å². The van der Waals surface area contributed by atoms with Crippen molar-refractivity contribution in [3.8, 4) is 0 Å². The Hall–Kier alpha value is 0.480. The summed E-state index contributed by atoms with van der Waals surface area (Å²) in [5.41, 5.74) is 0. The molecule has 0 aliphatic heterocycles. The zero-order chi connectivity index (χ0) is 12.3. The van der Waals surface area contributed by atoms with Gasteiger partial charge in [0.15, 0.2) is 0 Å². The highest BCUT2D eigenvalue weighted by atomic mass is 35.7. The van der Waals surface area contributed by atoms with Crippen molar-refractivity contribution in [1.82, 2.24) is 0 Å². The maximum absolute atomic E-state index is 11.3. The summed E-state index contributed by atoms with van der Waals surface area (Å²) in [5, 5.41) is 0. The minimum Gasteiger partial charge on any atom is -0.318 e. The molecule has 0 aliphatic carbocycles. The number of rotatable bonds is 11. The van der Waals surface area contributed by atoms with Gasteiger partial charge in [-0.1, -0.05) is 58.8 Å². The lowest BCUT2D eigenvalue weighted by Crippen LogP contribution is -1.91. The highest BCUT2D eigenvalue weighted by molar-refractivity contribution is 7.85. The van der Waals surface area contributed by atoms with Gasteiger partial charge in [0.2, 0.25) is 0 Å². The smallest absolute Gasteiger partial charge is 0.289 e. The Labute approximate surface area is 105 Å². The maximum atomic E-state index is 11.3. The molecule has 0 aromatic carbocycles. The van der Waals surface area contributed by atoms with Gasteiger partial charge in [-0.2, -0.15) is 0 Å². The third kappa shape index (κ3) is 11.0. The van der Waals surface area contributed by atoms with Gasteiger partial charge in [0, 0.05) is 6.16 Å². The van der Waals surface area contributed by atoms with E-state index in [1.807, 2.05) is 0 Å². The Bertz CT molecular complexity index is 197. The Morgan fingerprint density at radius 1 is 0.938 bits per heavy atom. The van der Waals surface area contributed by atoms with Crippen LogP contribution in [0.3, 0.4) is 0 Å². The van der Waals surface area contributed by atoms with Gasteiger partial charge in [-0.3, -0.25) is 4.57 Å². The van der Waals surface area contributed by atoms with E-state index < -0.39 is 6.72 Å². The molecule has 0 aliphatic rings. The predicted molar refractivity (Wildman–Crippen MR) is 72.6 cm³/mol. The molecule has 0 heterocycles. The fraction of sp³-hybridized carbons (Fsp3) is 1.00. The van der Waals surface area contributed by atoms with E-state index in [2.05, 4.69) is 6.92 Å². The Morgan fingerprint density at radius 2 is 1.44 bits per heavy atom. The number of unbranched alkanes of at least 4 members (excludes halogenated alkanes) is 7. The molecule has 1 atom stereocenters. The third-order valence-corrected chi connectivity index (χ3v) is 4.99. The third-order valence-electron chi connectivity index (χ3n) is 2.66. The van der Waals surface area contributed by atoms with Crippen LogP contribution in [0.15, 0.2) is 0 Å². The van der Waals surface area contributed by atoms with Crippen molar-refractivity contribution >= 4 is 18.0 Å². The highest BCUT2D eigenvalue weighted by Crippen LogP contribution is 2.51. The van der Waals surface area contributed by atoms with Crippen LogP contribution in [-0.4, -0.2) is 12.8 Å². The first-order valence-electron chi connectivity index (χ1n) is 6.55. The normalized spacial score (nSPS) is 14.9. The van der Waals surface area contributed by atoms with E-state index >= 15 is 0 Å². The average Bonchev–Trinajstić information content (AvgIpc) is 2.27. The largest absolute Gasteiger partial charge is 0.318 e. The fourth-order valence-electron chi connectivity index (χ4n) is 1.53. The molecule has 4 heteroatoms. The van der Waals surface area contributed by atoms with Crippen LogP contribution in [0, 0.1) is 0 Å². The van der Waals surface area contributed by atoms with E-state index in [1.54, 1.807) is 6.92 Å². The van der Waals surface area contributed by atoms with E-state index in [1.165, 1.54) is 38.5 Å². The fourth-order valence-corrected chi connectivity index (χ4v) is 2.32. The van der Waals surface area contributed by atoms with Gasteiger partial charge in [0.25, 0.3) is 6.72 Å². The Kier molecular flexibility index (Phi) is 10.9. The molecule has 16 heavy (non-hydrogen) atoms. The molecule has 0 aromatic rings. The van der Waals surface area contributed by atoms with E-state index in [-0.39, 0.29) is 0 Å². The summed E-state index contributed by atoms with van der Waals surface area (Å²) in [6, 6.07) is 0. The van der Waals surface area contributed by atoms with Crippen LogP contribution in [0.25, 0.3) is 0 Å². The summed E-state index contributed by atoms with van der Waals surface area (Å²) in [4.78, 5) is 0. The van der Waals surface area contributed by atoms with Crippen LogP contribution in [0.5, 0.6) is 0 Å². The van der Waals surface area contributed by atoms with Gasteiger partial charge < -0.3 is 4.52 Å². The molecule has 0 aromatic heterocycles. The average molecular weight is 269 g/mol. The highest BCUT2D eigenvalue weighted by Gasteiger charge is 2.14. The van der Waals surface area contributed by atoms with Crippen molar-refractivity contribution in [1.29, 1.82) is 0 Å². The van der Waals surface area contributed by atoms with Crippen LogP contribution in [-0.2, 0) is 9.09 Å². The van der Waals surface area contributed by atoms with Crippen molar-refractivity contribution in [2.75, 3.05) is 12.8 Å². The van der Waals surface area contributed by atoms with Gasteiger partial charge in [-0.15, -0.1) is 0 Å². The number of hydrogen-bond donors (Lipinski definition) is 0. The van der Waals surface area contributed by atoms with Crippen LogP contribution >= 0.6 is 18.0 Å². The van der Waals surface area contributed by atoms with Crippen molar-refractivity contribution in [3.05, 3.63) is 0 Å². The molecule has 0 saturated heterocycles. The number of halogens is 1. The van der Waals surface area contributed by atoms with E-state index in [0.29, 0.717) is 12.8 Å². The second-order valence-corrected chi connectivity index (χ2v) is 7.83. The quantitative estimate of drug-likeness (QED) is 0.360. The monoisotopic (exact) mass is 268 g/mol. The minimum atomic E-state index is -2.77. The van der Waals surface area contributed by atoms with Crippen molar-refractivity contribution in [2.24, 2.45) is 0 Å². The molecule has 0 spiro atoms. The lowest BCUT2D eigenvalue weighted by molar-refractivity contribution is 0.311. The topological polar surface area (TPSA) is 26.3 Å². The standard InChI is InChI=1S/C12H26ClO2P/c1-3-5-6-7-8-9-10-11-12-15-16(13,14)4-2/h3-12H2,1-2H3/t16-/m1/s1. The van der Waals surface area contributed by atoms with Gasteiger partial charge in [0.05, 0.1) is 6.61 Å². The molecule has 0 rings (SSSR count). The summed E-state index contributed by atoms with van der Waals surface area (Å²) in [6.07, 6.45) is 10.5. The molecule has 0 unspecified atom stereocenters. The first kappa shape index (κ1) is 16.5. The maximum Gasteiger partial charge on any atom is 0.289 e. The molecular weight excluding hydrogens is 243 g/mol. The summed E-state index contributed by atoms with van der Waals surface area (Å²) in [7, 11) is 0. The second-order valence-electron chi connectivity index (χ2n) is 4.21. The lowest BCUT2D eigenvalue weighted by atomic mass is 10.1. The van der Waals surface area contributed by atoms with Crippen LogP contribution in [0.4, 0.5) is 0 Å². The van der Waals surface area contributed by atoms with Crippen LogP contribution < -0.4 is 0 Å². The summed E-state index contributed by atoms with van der Waals surface area (Å²) < 4.78 is 16.5. The van der Waals surface area contributed by atoms with Crippen LogP contribution in [0.1, 0.15) is 65.2 Å². The summed E-state index contributed by atoms with van der Waals surface area (Å²) in [6.45, 7) is 1.80. The zero-order valence-corrected chi connectivity index (χ0v) is 12.4. The van der Waals surface area contributed by atoms with Crippen molar-refractivity contribution < 1.29 is 9.09 Å². The summed E-state index contributed by atoms with van der Waals surface area (Å²) >= 11 is 5.65.